The van der Waals surface area contributed by atoms with Crippen molar-refractivity contribution in [3.05, 3.63) is 58.5 Å². The normalized spacial score (nSPS) is 15.4. The van der Waals surface area contributed by atoms with Gasteiger partial charge < -0.3 is 29.0 Å². The van der Waals surface area contributed by atoms with E-state index in [0.29, 0.717) is 55.5 Å². The van der Waals surface area contributed by atoms with Gasteiger partial charge in [-0.15, -0.1) is 0 Å². The molecule has 0 aliphatic carbocycles. The SMILES string of the molecule is COc1ccc(CN2C(=O)CCC(n3c(=O)n(C)c4cc(OCCOCCOCCNC(=O)OC(C)(C)C)ccc43)C2=O)cc1. The molecule has 1 N–H and O–H groups in total. The summed E-state index contributed by atoms with van der Waals surface area (Å²) in [5, 5.41) is 2.62. The Morgan fingerprint density at radius 1 is 0.911 bits per heavy atom. The van der Waals surface area contributed by atoms with Crippen LogP contribution in [-0.4, -0.2) is 84.2 Å². The number of aromatic nitrogens is 2. The highest BCUT2D eigenvalue weighted by Crippen LogP contribution is 2.29. The average Bonchev–Trinajstić information content (AvgIpc) is 3.24. The van der Waals surface area contributed by atoms with E-state index in [1.54, 1.807) is 65.3 Å². The fourth-order valence-corrected chi connectivity index (χ4v) is 4.95. The van der Waals surface area contributed by atoms with Crippen LogP contribution in [0.2, 0.25) is 0 Å². The third-order valence-electron chi connectivity index (χ3n) is 7.14. The number of aryl methyl sites for hydroxylation is 1. The van der Waals surface area contributed by atoms with Crippen molar-refractivity contribution in [2.45, 2.75) is 51.8 Å². The summed E-state index contributed by atoms with van der Waals surface area (Å²) in [6.07, 6.45) is -0.0827. The fraction of sp³-hybridized carbons (Fsp3) is 0.500. The van der Waals surface area contributed by atoms with Crippen molar-refractivity contribution < 1.29 is 38.1 Å². The summed E-state index contributed by atoms with van der Waals surface area (Å²) in [6.45, 7) is 7.51. The van der Waals surface area contributed by atoms with Crippen LogP contribution in [-0.2, 0) is 37.4 Å². The van der Waals surface area contributed by atoms with Gasteiger partial charge in [0.05, 0.1) is 51.1 Å². The smallest absolute Gasteiger partial charge is 0.407 e. The second-order valence-electron chi connectivity index (χ2n) is 11.6. The zero-order valence-corrected chi connectivity index (χ0v) is 26.5. The second-order valence-corrected chi connectivity index (χ2v) is 11.6. The monoisotopic (exact) mass is 626 g/mol. The lowest BCUT2D eigenvalue weighted by Gasteiger charge is -2.31. The number of likely N-dealkylation sites (tertiary alicyclic amines) is 1. The van der Waals surface area contributed by atoms with Gasteiger partial charge in [0.2, 0.25) is 5.91 Å². The summed E-state index contributed by atoms with van der Waals surface area (Å²) in [5.74, 6) is 0.561. The molecule has 1 fully saturated rings. The van der Waals surface area contributed by atoms with Gasteiger partial charge in [0.1, 0.15) is 29.7 Å². The molecule has 1 atom stereocenters. The minimum atomic E-state index is -0.798. The number of methoxy groups -OCH3 is 1. The van der Waals surface area contributed by atoms with Gasteiger partial charge in [-0.2, -0.15) is 0 Å². The minimum Gasteiger partial charge on any atom is -0.497 e. The summed E-state index contributed by atoms with van der Waals surface area (Å²) < 4.78 is 30.1. The van der Waals surface area contributed by atoms with Crippen LogP contribution in [0.15, 0.2) is 47.3 Å². The first-order chi connectivity index (χ1) is 21.5. The molecule has 1 aliphatic heterocycles. The molecule has 45 heavy (non-hydrogen) atoms. The number of alkyl carbamates (subject to hydrolysis) is 1. The van der Waals surface area contributed by atoms with Crippen LogP contribution in [0.4, 0.5) is 4.79 Å². The van der Waals surface area contributed by atoms with Crippen molar-refractivity contribution in [2.75, 3.05) is 46.7 Å². The third kappa shape index (κ3) is 8.85. The zero-order valence-electron chi connectivity index (χ0n) is 26.5. The van der Waals surface area contributed by atoms with E-state index in [9.17, 15) is 19.2 Å². The van der Waals surface area contributed by atoms with Crippen molar-refractivity contribution >= 4 is 28.9 Å². The first-order valence-corrected chi connectivity index (χ1v) is 14.9. The van der Waals surface area contributed by atoms with Crippen LogP contribution >= 0.6 is 0 Å². The number of piperidine rings is 1. The molecule has 1 aliphatic rings. The van der Waals surface area contributed by atoms with Crippen LogP contribution in [0.25, 0.3) is 11.0 Å². The Hall–Kier alpha value is -4.36. The van der Waals surface area contributed by atoms with Crippen LogP contribution in [0, 0.1) is 0 Å². The largest absolute Gasteiger partial charge is 0.497 e. The van der Waals surface area contributed by atoms with E-state index in [2.05, 4.69) is 5.32 Å². The number of fused-ring (bicyclic) bond motifs is 1. The van der Waals surface area contributed by atoms with Gasteiger partial charge in [0.25, 0.3) is 5.91 Å². The molecule has 2 heterocycles. The zero-order chi connectivity index (χ0) is 32.6. The maximum Gasteiger partial charge on any atom is 0.407 e. The number of ether oxygens (including phenoxy) is 5. The molecular weight excluding hydrogens is 584 g/mol. The number of hydrogen-bond acceptors (Lipinski definition) is 9. The summed E-state index contributed by atoms with van der Waals surface area (Å²) in [4.78, 5) is 52.4. The summed E-state index contributed by atoms with van der Waals surface area (Å²) in [7, 11) is 3.21. The Morgan fingerprint density at radius 3 is 2.27 bits per heavy atom. The minimum absolute atomic E-state index is 0.120. The number of amides is 3. The first kappa shape index (κ1) is 33.5. The summed E-state index contributed by atoms with van der Waals surface area (Å²) >= 11 is 0. The van der Waals surface area contributed by atoms with Gasteiger partial charge >= 0.3 is 11.8 Å². The average molecular weight is 627 g/mol. The standard InChI is InChI=1S/C32H42N4O9/c1-32(2,3)45-30(39)33-14-15-42-16-17-43-18-19-44-24-10-11-25-27(20-24)34(4)31(40)36(25)26-12-13-28(37)35(29(26)38)21-22-6-8-23(41-5)9-7-22/h6-11,20,26H,12-19,21H2,1-5H3,(H,33,39). The number of nitrogens with one attached hydrogen (secondary N) is 1. The summed E-state index contributed by atoms with van der Waals surface area (Å²) in [6, 6.07) is 11.6. The van der Waals surface area contributed by atoms with E-state index in [-0.39, 0.29) is 37.6 Å². The quantitative estimate of drug-likeness (QED) is 0.211. The lowest BCUT2D eigenvalue weighted by Crippen LogP contribution is -2.47. The van der Waals surface area contributed by atoms with Crippen LogP contribution < -0.4 is 20.5 Å². The Morgan fingerprint density at radius 2 is 1.58 bits per heavy atom. The number of imidazole rings is 1. The number of carbonyl (C=O) groups excluding carboxylic acids is 3. The van der Waals surface area contributed by atoms with Crippen LogP contribution in [0.1, 0.15) is 45.2 Å². The van der Waals surface area contributed by atoms with Crippen molar-refractivity contribution in [3.63, 3.8) is 0 Å². The van der Waals surface area contributed by atoms with Gasteiger partial charge in [-0.3, -0.25) is 23.6 Å². The van der Waals surface area contributed by atoms with E-state index in [1.807, 2.05) is 12.1 Å². The molecule has 0 spiro atoms. The van der Waals surface area contributed by atoms with E-state index >= 15 is 0 Å². The Bertz CT molecular complexity index is 1540. The van der Waals surface area contributed by atoms with E-state index in [4.69, 9.17) is 23.7 Å². The van der Waals surface area contributed by atoms with Gasteiger partial charge in [-0.05, 0) is 57.0 Å². The molecule has 1 saturated heterocycles. The number of carbonyl (C=O) groups is 3. The predicted molar refractivity (Wildman–Crippen MR) is 165 cm³/mol. The van der Waals surface area contributed by atoms with Gasteiger partial charge in [0.15, 0.2) is 0 Å². The molecule has 2 aromatic carbocycles. The lowest BCUT2D eigenvalue weighted by atomic mass is 10.0. The number of hydrogen-bond donors (Lipinski definition) is 1. The van der Waals surface area contributed by atoms with E-state index < -0.39 is 23.6 Å². The molecule has 1 aromatic heterocycles. The molecular formula is C32H42N4O9. The molecule has 0 radical (unpaired) electrons. The molecule has 4 rings (SSSR count). The Labute approximate surface area is 261 Å². The van der Waals surface area contributed by atoms with Crippen molar-refractivity contribution in [2.24, 2.45) is 7.05 Å². The fourth-order valence-electron chi connectivity index (χ4n) is 4.95. The van der Waals surface area contributed by atoms with E-state index in [0.717, 1.165) is 5.56 Å². The molecule has 13 heteroatoms. The summed E-state index contributed by atoms with van der Waals surface area (Å²) in [5.41, 5.74) is 1.09. The maximum atomic E-state index is 13.6. The maximum absolute atomic E-state index is 13.6. The molecule has 0 saturated carbocycles. The number of rotatable bonds is 14. The second kappa shape index (κ2) is 15.1. The molecule has 1 unspecified atom stereocenters. The number of imide groups is 1. The molecule has 13 nitrogen and oxygen atoms in total. The van der Waals surface area contributed by atoms with Crippen molar-refractivity contribution in [3.8, 4) is 11.5 Å². The molecule has 3 aromatic rings. The first-order valence-electron chi connectivity index (χ1n) is 14.9. The van der Waals surface area contributed by atoms with Crippen molar-refractivity contribution in [1.82, 2.24) is 19.4 Å². The topological polar surface area (TPSA) is 140 Å². The number of nitrogens with zero attached hydrogens (tertiary/aromatic N) is 3. The van der Waals surface area contributed by atoms with Crippen LogP contribution in [0.3, 0.4) is 0 Å². The highest BCUT2D eigenvalue weighted by Gasteiger charge is 2.37. The molecule has 3 amide bonds. The van der Waals surface area contributed by atoms with Gasteiger partial charge in [-0.25, -0.2) is 9.59 Å². The van der Waals surface area contributed by atoms with Gasteiger partial charge in [0, 0.05) is 26.1 Å². The molecule has 244 valence electrons. The number of benzene rings is 2. The highest BCUT2D eigenvalue weighted by atomic mass is 16.6. The van der Waals surface area contributed by atoms with Crippen LogP contribution in [0.5, 0.6) is 11.5 Å². The third-order valence-corrected chi connectivity index (χ3v) is 7.14. The lowest BCUT2D eigenvalue weighted by molar-refractivity contribution is -0.151. The van der Waals surface area contributed by atoms with Crippen molar-refractivity contribution in [1.29, 1.82) is 0 Å². The van der Waals surface area contributed by atoms with E-state index in [1.165, 1.54) is 14.0 Å². The highest BCUT2D eigenvalue weighted by molar-refractivity contribution is 6.00. The Kier molecular flexibility index (Phi) is 11.2. The predicted octanol–water partition coefficient (Wildman–Crippen LogP) is 3.18. The molecule has 0 bridgehead atoms. The Balaban J connectivity index is 1.27. The van der Waals surface area contributed by atoms with Gasteiger partial charge in [-0.1, -0.05) is 12.1 Å².